The highest BCUT2D eigenvalue weighted by molar-refractivity contribution is 5.92. The Morgan fingerprint density at radius 3 is 2.39 bits per heavy atom. The van der Waals surface area contributed by atoms with Gasteiger partial charge in [-0.15, -0.1) is 0 Å². The summed E-state index contributed by atoms with van der Waals surface area (Å²) in [5.74, 6) is 1.68. The molecule has 1 aromatic heterocycles. The van der Waals surface area contributed by atoms with Crippen LogP contribution in [0.2, 0.25) is 0 Å². The highest BCUT2D eigenvalue weighted by Gasteiger charge is 2.13. The molecule has 7 nitrogen and oxygen atoms in total. The average molecular weight is 381 g/mol. The largest absolute Gasteiger partial charge is 0.494 e. The van der Waals surface area contributed by atoms with Gasteiger partial charge in [0.1, 0.15) is 11.4 Å². The van der Waals surface area contributed by atoms with E-state index in [-0.39, 0.29) is 5.91 Å². The van der Waals surface area contributed by atoms with E-state index in [1.807, 2.05) is 37.3 Å². The van der Waals surface area contributed by atoms with Gasteiger partial charge in [0.05, 0.1) is 21.3 Å². The summed E-state index contributed by atoms with van der Waals surface area (Å²) in [6, 6.07) is 13.0. The van der Waals surface area contributed by atoms with Crippen LogP contribution in [0.1, 0.15) is 21.6 Å². The third-order valence-electron chi connectivity index (χ3n) is 4.30. The summed E-state index contributed by atoms with van der Waals surface area (Å²) in [5, 5.41) is 7.25. The minimum atomic E-state index is -0.264. The Bertz CT molecular complexity index is 982. The Morgan fingerprint density at radius 1 is 0.964 bits per heavy atom. The van der Waals surface area contributed by atoms with E-state index < -0.39 is 0 Å². The van der Waals surface area contributed by atoms with Crippen LogP contribution in [0, 0.1) is 6.92 Å². The molecule has 0 aliphatic carbocycles. The number of methoxy groups -OCH3 is 3. The molecule has 0 saturated heterocycles. The second-order valence-corrected chi connectivity index (χ2v) is 6.19. The molecule has 1 N–H and O–H groups in total. The van der Waals surface area contributed by atoms with Crippen LogP contribution in [0.15, 0.2) is 48.7 Å². The molecular weight excluding hydrogens is 358 g/mol. The van der Waals surface area contributed by atoms with Gasteiger partial charge in [-0.1, -0.05) is 12.1 Å². The summed E-state index contributed by atoms with van der Waals surface area (Å²) >= 11 is 0. The van der Waals surface area contributed by atoms with Crippen molar-refractivity contribution in [2.24, 2.45) is 0 Å². The number of nitrogens with one attached hydrogen (secondary N) is 1. The number of hydrogen-bond donors (Lipinski definition) is 1. The Labute approximate surface area is 163 Å². The molecule has 0 spiro atoms. The van der Waals surface area contributed by atoms with Crippen LogP contribution < -0.4 is 19.5 Å². The van der Waals surface area contributed by atoms with Gasteiger partial charge in [0.25, 0.3) is 5.91 Å². The number of rotatable bonds is 7. The van der Waals surface area contributed by atoms with Crippen molar-refractivity contribution in [2.75, 3.05) is 21.3 Å². The van der Waals surface area contributed by atoms with Gasteiger partial charge in [-0.3, -0.25) is 4.79 Å². The molecule has 3 rings (SSSR count). The van der Waals surface area contributed by atoms with Gasteiger partial charge in [0, 0.05) is 12.7 Å². The van der Waals surface area contributed by atoms with Crippen LogP contribution in [0.25, 0.3) is 5.69 Å². The predicted molar refractivity (Wildman–Crippen MR) is 106 cm³/mol. The number of aromatic nitrogens is 2. The smallest absolute Gasteiger partial charge is 0.272 e. The van der Waals surface area contributed by atoms with Gasteiger partial charge in [0.15, 0.2) is 17.2 Å². The highest BCUT2D eigenvalue weighted by atomic mass is 16.5. The SMILES string of the molecule is COc1ccc(CNC(=O)c2ccn(-c3cc(C)ccc3OC)n2)cc1OC. The molecule has 7 heteroatoms. The number of carbonyl (C=O) groups excluding carboxylic acids is 1. The molecule has 0 unspecified atom stereocenters. The van der Waals surface area contributed by atoms with Crippen LogP contribution in [0.3, 0.4) is 0 Å². The van der Waals surface area contributed by atoms with Crippen LogP contribution in [0.5, 0.6) is 17.2 Å². The van der Waals surface area contributed by atoms with E-state index in [2.05, 4.69) is 10.4 Å². The van der Waals surface area contributed by atoms with Crippen molar-refractivity contribution in [2.45, 2.75) is 13.5 Å². The van der Waals surface area contributed by atoms with Crippen LogP contribution >= 0.6 is 0 Å². The number of amides is 1. The maximum absolute atomic E-state index is 12.5. The van der Waals surface area contributed by atoms with Crippen molar-refractivity contribution in [3.63, 3.8) is 0 Å². The third-order valence-corrected chi connectivity index (χ3v) is 4.30. The van der Waals surface area contributed by atoms with Crippen LogP contribution in [-0.4, -0.2) is 37.0 Å². The molecule has 0 aliphatic heterocycles. The van der Waals surface area contributed by atoms with Crippen molar-refractivity contribution in [1.29, 1.82) is 0 Å². The fourth-order valence-corrected chi connectivity index (χ4v) is 2.82. The van der Waals surface area contributed by atoms with Crippen molar-refractivity contribution < 1.29 is 19.0 Å². The minimum absolute atomic E-state index is 0.264. The van der Waals surface area contributed by atoms with E-state index in [0.29, 0.717) is 29.5 Å². The molecule has 2 aromatic carbocycles. The molecule has 0 radical (unpaired) electrons. The summed E-state index contributed by atoms with van der Waals surface area (Å²) in [5.41, 5.74) is 3.07. The zero-order valence-corrected chi connectivity index (χ0v) is 16.4. The van der Waals surface area contributed by atoms with Gasteiger partial charge < -0.3 is 19.5 Å². The Balaban J connectivity index is 1.72. The van der Waals surface area contributed by atoms with Gasteiger partial charge in [0.2, 0.25) is 0 Å². The maximum atomic E-state index is 12.5. The van der Waals surface area contributed by atoms with Gasteiger partial charge in [-0.2, -0.15) is 5.10 Å². The number of aryl methyl sites for hydroxylation is 1. The standard InChI is InChI=1S/C21H23N3O4/c1-14-5-7-18(26-2)17(11-14)24-10-9-16(23-24)21(25)22-13-15-6-8-19(27-3)20(12-15)28-4/h5-12H,13H2,1-4H3,(H,22,25). The summed E-state index contributed by atoms with van der Waals surface area (Å²) in [6.45, 7) is 2.34. The van der Waals surface area contributed by atoms with Gasteiger partial charge in [-0.05, 0) is 48.4 Å². The lowest BCUT2D eigenvalue weighted by Gasteiger charge is -2.10. The first-order valence-electron chi connectivity index (χ1n) is 8.75. The van der Waals surface area contributed by atoms with E-state index >= 15 is 0 Å². The highest BCUT2D eigenvalue weighted by Crippen LogP contribution is 2.27. The predicted octanol–water partition coefficient (Wildman–Crippen LogP) is 3.14. The molecule has 0 atom stereocenters. The van der Waals surface area contributed by atoms with Crippen molar-refractivity contribution >= 4 is 5.91 Å². The van der Waals surface area contributed by atoms with Gasteiger partial charge >= 0.3 is 0 Å². The number of nitrogens with zero attached hydrogens (tertiary/aromatic N) is 2. The Kier molecular flexibility index (Phi) is 5.84. The molecule has 0 fully saturated rings. The molecule has 1 heterocycles. The lowest BCUT2D eigenvalue weighted by atomic mass is 10.2. The summed E-state index contributed by atoms with van der Waals surface area (Å²) in [7, 11) is 4.76. The van der Waals surface area contributed by atoms with E-state index in [0.717, 1.165) is 16.8 Å². The van der Waals surface area contributed by atoms with Gasteiger partial charge in [-0.25, -0.2) is 4.68 Å². The molecule has 0 bridgehead atoms. The third kappa shape index (κ3) is 4.09. The van der Waals surface area contributed by atoms with Crippen LogP contribution in [-0.2, 0) is 6.54 Å². The number of ether oxygens (including phenoxy) is 3. The van der Waals surface area contributed by atoms with Crippen LogP contribution in [0.4, 0.5) is 0 Å². The minimum Gasteiger partial charge on any atom is -0.494 e. The van der Waals surface area contributed by atoms with E-state index in [9.17, 15) is 4.79 Å². The number of benzene rings is 2. The van der Waals surface area contributed by atoms with E-state index in [1.54, 1.807) is 44.3 Å². The first-order chi connectivity index (χ1) is 13.5. The number of hydrogen-bond acceptors (Lipinski definition) is 5. The molecule has 0 saturated carbocycles. The Hall–Kier alpha value is -3.48. The van der Waals surface area contributed by atoms with E-state index in [1.165, 1.54) is 0 Å². The first kappa shape index (κ1) is 19.3. The molecule has 146 valence electrons. The fraction of sp³-hybridized carbons (Fsp3) is 0.238. The average Bonchev–Trinajstić information content (AvgIpc) is 3.22. The monoisotopic (exact) mass is 381 g/mol. The number of carbonyl (C=O) groups is 1. The lowest BCUT2D eigenvalue weighted by molar-refractivity contribution is 0.0945. The zero-order chi connectivity index (χ0) is 20.1. The Morgan fingerprint density at radius 2 is 1.68 bits per heavy atom. The van der Waals surface area contributed by atoms with Crippen molar-refractivity contribution in [3.05, 3.63) is 65.5 Å². The molecular formula is C21H23N3O4. The topological polar surface area (TPSA) is 74.6 Å². The zero-order valence-electron chi connectivity index (χ0n) is 16.4. The molecule has 28 heavy (non-hydrogen) atoms. The molecule has 0 aliphatic rings. The summed E-state index contributed by atoms with van der Waals surface area (Å²) in [4.78, 5) is 12.5. The lowest BCUT2D eigenvalue weighted by Crippen LogP contribution is -2.23. The maximum Gasteiger partial charge on any atom is 0.272 e. The van der Waals surface area contributed by atoms with Crippen molar-refractivity contribution in [3.8, 4) is 22.9 Å². The normalized spacial score (nSPS) is 10.4. The summed E-state index contributed by atoms with van der Waals surface area (Å²) in [6.07, 6.45) is 1.74. The van der Waals surface area contributed by atoms with E-state index in [4.69, 9.17) is 14.2 Å². The molecule has 1 amide bonds. The van der Waals surface area contributed by atoms with Crippen molar-refractivity contribution in [1.82, 2.24) is 15.1 Å². The first-order valence-corrected chi connectivity index (χ1v) is 8.75. The molecule has 3 aromatic rings. The second-order valence-electron chi connectivity index (χ2n) is 6.19. The summed E-state index contributed by atoms with van der Waals surface area (Å²) < 4.78 is 17.5. The fourth-order valence-electron chi connectivity index (χ4n) is 2.82. The quantitative estimate of drug-likeness (QED) is 0.681. The second kappa shape index (κ2) is 8.47.